The number of ether oxygens (including phenoxy) is 1. The van der Waals surface area contributed by atoms with Gasteiger partial charge in [-0.25, -0.2) is 4.79 Å². The van der Waals surface area contributed by atoms with Crippen molar-refractivity contribution in [1.82, 2.24) is 5.32 Å². The lowest BCUT2D eigenvalue weighted by atomic mass is 10.0. The van der Waals surface area contributed by atoms with Gasteiger partial charge in [0.2, 0.25) is 5.91 Å². The fraction of sp³-hybridized carbons (Fsp3) is 0.250. The summed E-state index contributed by atoms with van der Waals surface area (Å²) in [5, 5.41) is 14.7. The van der Waals surface area contributed by atoms with E-state index >= 15 is 0 Å². The van der Waals surface area contributed by atoms with E-state index in [4.69, 9.17) is 9.94 Å². The molecule has 2 aromatic carbocycles. The molecule has 1 saturated heterocycles. The molecule has 0 bridgehead atoms. The quantitative estimate of drug-likeness (QED) is 0.483. The largest absolute Gasteiger partial charge is 0.442 e. The molecule has 0 aliphatic carbocycles. The monoisotopic (exact) mass is 367 g/mol. The van der Waals surface area contributed by atoms with Crippen molar-refractivity contribution in [2.24, 2.45) is 5.16 Å². The molecular weight excluding hydrogens is 346 g/mol. The number of rotatable bonds is 5. The summed E-state index contributed by atoms with van der Waals surface area (Å²) < 4.78 is 5.28. The number of benzene rings is 2. The summed E-state index contributed by atoms with van der Waals surface area (Å²) in [6, 6.07) is 15.3. The lowest BCUT2D eigenvalue weighted by Gasteiger charge is -2.14. The Morgan fingerprint density at radius 1 is 1.15 bits per heavy atom. The van der Waals surface area contributed by atoms with Crippen molar-refractivity contribution in [1.29, 1.82) is 0 Å². The summed E-state index contributed by atoms with van der Waals surface area (Å²) in [5.74, 6) is -0.152. The Balaban J connectivity index is 1.70. The number of oxime groups is 1. The summed E-state index contributed by atoms with van der Waals surface area (Å²) in [7, 11) is 0. The van der Waals surface area contributed by atoms with Crippen molar-refractivity contribution in [3.8, 4) is 11.1 Å². The third kappa shape index (κ3) is 4.25. The van der Waals surface area contributed by atoms with Crippen LogP contribution in [-0.2, 0) is 9.53 Å². The van der Waals surface area contributed by atoms with Crippen molar-refractivity contribution in [3.63, 3.8) is 0 Å². The van der Waals surface area contributed by atoms with Gasteiger partial charge in [0, 0.05) is 12.6 Å². The topological polar surface area (TPSA) is 91.2 Å². The number of carbonyl (C=O) groups is 2. The predicted molar refractivity (Wildman–Crippen MR) is 102 cm³/mol. The SMILES string of the molecule is CC(=O)NCC1CN(c2ccc(-c3ccc(/C(C)=N/O)cc3)cc2)C(=O)O1. The lowest BCUT2D eigenvalue weighted by molar-refractivity contribution is -0.119. The van der Waals surface area contributed by atoms with E-state index < -0.39 is 6.09 Å². The molecule has 0 aromatic heterocycles. The second-order valence-corrected chi connectivity index (χ2v) is 6.36. The Labute approximate surface area is 157 Å². The molecule has 1 aliphatic rings. The normalized spacial score (nSPS) is 17.0. The van der Waals surface area contributed by atoms with Crippen LogP contribution in [0.1, 0.15) is 19.4 Å². The van der Waals surface area contributed by atoms with Crippen LogP contribution in [0, 0.1) is 0 Å². The van der Waals surface area contributed by atoms with Crippen LogP contribution < -0.4 is 10.2 Å². The average Bonchev–Trinajstić information content (AvgIpc) is 3.06. The first-order chi connectivity index (χ1) is 13.0. The van der Waals surface area contributed by atoms with E-state index in [0.29, 0.717) is 18.8 Å². The zero-order valence-electron chi connectivity index (χ0n) is 15.2. The minimum Gasteiger partial charge on any atom is -0.442 e. The molecule has 1 aliphatic heterocycles. The van der Waals surface area contributed by atoms with Gasteiger partial charge in [0.05, 0.1) is 18.8 Å². The van der Waals surface area contributed by atoms with E-state index in [1.54, 1.807) is 11.8 Å². The molecule has 2 aromatic rings. The maximum atomic E-state index is 12.1. The van der Waals surface area contributed by atoms with Crippen molar-refractivity contribution in [2.75, 3.05) is 18.0 Å². The maximum Gasteiger partial charge on any atom is 0.414 e. The molecule has 1 heterocycles. The molecule has 3 rings (SSSR count). The first-order valence-corrected chi connectivity index (χ1v) is 8.60. The zero-order valence-corrected chi connectivity index (χ0v) is 15.2. The number of nitrogens with one attached hydrogen (secondary N) is 1. The third-order valence-electron chi connectivity index (χ3n) is 4.42. The van der Waals surface area contributed by atoms with Gasteiger partial charge in [-0.2, -0.15) is 0 Å². The molecule has 0 saturated carbocycles. The van der Waals surface area contributed by atoms with E-state index in [2.05, 4.69) is 10.5 Å². The Bertz CT molecular complexity index is 860. The van der Waals surface area contributed by atoms with Crippen LogP contribution in [0.4, 0.5) is 10.5 Å². The molecule has 0 spiro atoms. The van der Waals surface area contributed by atoms with Gasteiger partial charge in [-0.15, -0.1) is 0 Å². The Morgan fingerprint density at radius 2 is 1.74 bits per heavy atom. The smallest absolute Gasteiger partial charge is 0.414 e. The Hall–Kier alpha value is -3.35. The lowest BCUT2D eigenvalue weighted by Crippen LogP contribution is -2.33. The van der Waals surface area contributed by atoms with Crippen LogP contribution in [0.3, 0.4) is 0 Å². The molecule has 1 fully saturated rings. The van der Waals surface area contributed by atoms with Gasteiger partial charge in [-0.05, 0) is 35.7 Å². The van der Waals surface area contributed by atoms with Gasteiger partial charge in [0.15, 0.2) is 0 Å². The summed E-state index contributed by atoms with van der Waals surface area (Å²) in [6.07, 6.45) is -0.772. The molecule has 1 unspecified atom stereocenters. The van der Waals surface area contributed by atoms with Crippen LogP contribution in [0.5, 0.6) is 0 Å². The number of hydrogen-bond acceptors (Lipinski definition) is 5. The van der Waals surface area contributed by atoms with E-state index in [-0.39, 0.29) is 12.0 Å². The van der Waals surface area contributed by atoms with Gasteiger partial charge in [-0.1, -0.05) is 41.6 Å². The number of amides is 2. The maximum absolute atomic E-state index is 12.1. The van der Waals surface area contributed by atoms with E-state index in [1.807, 2.05) is 48.5 Å². The number of nitrogens with zero attached hydrogens (tertiary/aromatic N) is 2. The Kier molecular flexibility index (Phi) is 5.40. The van der Waals surface area contributed by atoms with E-state index in [0.717, 1.165) is 22.4 Å². The highest BCUT2D eigenvalue weighted by Crippen LogP contribution is 2.26. The average molecular weight is 367 g/mol. The van der Waals surface area contributed by atoms with Crippen LogP contribution >= 0.6 is 0 Å². The highest BCUT2D eigenvalue weighted by Gasteiger charge is 2.32. The summed E-state index contributed by atoms with van der Waals surface area (Å²) in [5.41, 5.74) is 4.17. The van der Waals surface area contributed by atoms with Crippen molar-refractivity contribution < 1.29 is 19.5 Å². The van der Waals surface area contributed by atoms with Gasteiger partial charge in [-0.3, -0.25) is 9.69 Å². The fourth-order valence-corrected chi connectivity index (χ4v) is 2.89. The van der Waals surface area contributed by atoms with Gasteiger partial charge < -0.3 is 15.3 Å². The highest BCUT2D eigenvalue weighted by atomic mass is 16.6. The number of anilines is 1. The van der Waals surface area contributed by atoms with E-state index in [1.165, 1.54) is 6.92 Å². The fourth-order valence-electron chi connectivity index (χ4n) is 2.89. The molecule has 2 N–H and O–H groups in total. The molecule has 140 valence electrons. The van der Waals surface area contributed by atoms with Crippen LogP contribution in [-0.4, -0.2) is 42.1 Å². The van der Waals surface area contributed by atoms with Crippen LogP contribution in [0.25, 0.3) is 11.1 Å². The highest BCUT2D eigenvalue weighted by molar-refractivity contribution is 5.98. The Morgan fingerprint density at radius 3 is 2.30 bits per heavy atom. The van der Waals surface area contributed by atoms with Crippen molar-refractivity contribution >= 4 is 23.4 Å². The molecule has 27 heavy (non-hydrogen) atoms. The second kappa shape index (κ2) is 7.90. The zero-order chi connectivity index (χ0) is 19.4. The number of cyclic esters (lactones) is 1. The third-order valence-corrected chi connectivity index (χ3v) is 4.42. The molecule has 7 nitrogen and oxygen atoms in total. The van der Waals surface area contributed by atoms with Crippen LogP contribution in [0.15, 0.2) is 53.7 Å². The first-order valence-electron chi connectivity index (χ1n) is 8.60. The molecule has 7 heteroatoms. The predicted octanol–water partition coefficient (Wildman–Crippen LogP) is 3.01. The van der Waals surface area contributed by atoms with Crippen molar-refractivity contribution in [3.05, 3.63) is 54.1 Å². The second-order valence-electron chi connectivity index (χ2n) is 6.36. The standard InChI is InChI=1S/C20H21N3O4/c1-13(22-26)15-3-5-16(6-4-15)17-7-9-18(10-8-17)23-12-19(27-20(23)25)11-21-14(2)24/h3-10,19,26H,11-12H2,1-2H3,(H,21,24)/b22-13+. The van der Waals surface area contributed by atoms with Crippen molar-refractivity contribution in [2.45, 2.75) is 20.0 Å². The number of carbonyl (C=O) groups excluding carboxylic acids is 2. The summed E-state index contributed by atoms with van der Waals surface area (Å²) in [6.45, 7) is 3.86. The number of hydrogen-bond donors (Lipinski definition) is 2. The summed E-state index contributed by atoms with van der Waals surface area (Å²) >= 11 is 0. The minimum atomic E-state index is -0.416. The summed E-state index contributed by atoms with van der Waals surface area (Å²) in [4.78, 5) is 24.6. The minimum absolute atomic E-state index is 0.152. The van der Waals surface area contributed by atoms with Gasteiger partial charge in [0.25, 0.3) is 0 Å². The van der Waals surface area contributed by atoms with Gasteiger partial charge in [0.1, 0.15) is 6.10 Å². The molecular formula is C20H21N3O4. The molecule has 1 atom stereocenters. The van der Waals surface area contributed by atoms with Gasteiger partial charge >= 0.3 is 6.09 Å². The van der Waals surface area contributed by atoms with Crippen LogP contribution in [0.2, 0.25) is 0 Å². The van der Waals surface area contributed by atoms with E-state index in [9.17, 15) is 9.59 Å². The molecule has 0 radical (unpaired) electrons. The molecule has 2 amide bonds. The first kappa shape index (κ1) is 18.4.